The van der Waals surface area contributed by atoms with Crippen LogP contribution in [0.3, 0.4) is 0 Å². The van der Waals surface area contributed by atoms with Crippen molar-refractivity contribution in [2.24, 2.45) is 17.8 Å². The number of hydrogen-bond donors (Lipinski definition) is 1. The molecule has 1 aromatic carbocycles. The van der Waals surface area contributed by atoms with Crippen molar-refractivity contribution < 1.29 is 9.59 Å². The van der Waals surface area contributed by atoms with Crippen molar-refractivity contribution in [3.8, 4) is 0 Å². The van der Waals surface area contributed by atoms with Crippen molar-refractivity contribution in [2.45, 2.75) is 46.0 Å². The van der Waals surface area contributed by atoms with E-state index in [1.807, 2.05) is 6.07 Å². The molecule has 0 aliphatic carbocycles. The SMILES string of the molecule is CC(C)C1CCN(c2ccc(CC3CCC(=O)NC3=O)cc2Cl)CC1. The van der Waals surface area contributed by atoms with Gasteiger partial charge in [-0.3, -0.25) is 14.9 Å². The molecule has 0 aromatic heterocycles. The van der Waals surface area contributed by atoms with Gasteiger partial charge in [-0.2, -0.15) is 0 Å². The Balaban J connectivity index is 1.63. The molecule has 2 aliphatic rings. The van der Waals surface area contributed by atoms with Gasteiger partial charge in [0, 0.05) is 25.4 Å². The van der Waals surface area contributed by atoms with Gasteiger partial charge in [-0.15, -0.1) is 0 Å². The zero-order chi connectivity index (χ0) is 18.0. The number of amides is 2. The molecule has 1 N–H and O–H groups in total. The van der Waals surface area contributed by atoms with Crippen LogP contribution in [0.1, 0.15) is 45.1 Å². The van der Waals surface area contributed by atoms with Crippen molar-refractivity contribution in [1.29, 1.82) is 0 Å². The van der Waals surface area contributed by atoms with E-state index in [-0.39, 0.29) is 17.7 Å². The Morgan fingerprint density at radius 1 is 1.20 bits per heavy atom. The zero-order valence-electron chi connectivity index (χ0n) is 15.1. The van der Waals surface area contributed by atoms with E-state index >= 15 is 0 Å². The van der Waals surface area contributed by atoms with E-state index < -0.39 is 0 Å². The Labute approximate surface area is 154 Å². The lowest BCUT2D eigenvalue weighted by molar-refractivity contribution is -0.136. The quantitative estimate of drug-likeness (QED) is 0.828. The molecule has 136 valence electrons. The highest BCUT2D eigenvalue weighted by atomic mass is 35.5. The number of piperidine rings is 2. The number of anilines is 1. The summed E-state index contributed by atoms with van der Waals surface area (Å²) in [5.41, 5.74) is 2.15. The van der Waals surface area contributed by atoms with Crippen molar-refractivity contribution in [3.05, 3.63) is 28.8 Å². The number of rotatable bonds is 4. The second kappa shape index (κ2) is 7.77. The minimum atomic E-state index is -0.167. The van der Waals surface area contributed by atoms with E-state index in [4.69, 9.17) is 11.6 Å². The molecule has 2 amide bonds. The fraction of sp³-hybridized carbons (Fsp3) is 0.600. The highest BCUT2D eigenvalue weighted by molar-refractivity contribution is 6.33. The third-order valence-corrected chi connectivity index (χ3v) is 5.97. The number of nitrogens with one attached hydrogen (secondary N) is 1. The minimum Gasteiger partial charge on any atom is -0.370 e. The molecule has 25 heavy (non-hydrogen) atoms. The molecule has 0 spiro atoms. The monoisotopic (exact) mass is 362 g/mol. The number of imide groups is 1. The number of carbonyl (C=O) groups excluding carboxylic acids is 2. The highest BCUT2D eigenvalue weighted by Crippen LogP contribution is 2.33. The lowest BCUT2D eigenvalue weighted by atomic mass is 9.86. The molecular formula is C20H27ClN2O2. The van der Waals surface area contributed by atoms with Gasteiger partial charge in [0.2, 0.25) is 11.8 Å². The lowest BCUT2D eigenvalue weighted by Crippen LogP contribution is -2.41. The van der Waals surface area contributed by atoms with Crippen LogP contribution in [0.4, 0.5) is 5.69 Å². The summed E-state index contributed by atoms with van der Waals surface area (Å²) >= 11 is 6.54. The van der Waals surface area contributed by atoms with E-state index in [2.05, 4.69) is 36.2 Å². The fourth-order valence-electron chi connectivity index (χ4n) is 3.96. The van der Waals surface area contributed by atoms with E-state index in [1.165, 1.54) is 12.8 Å². The van der Waals surface area contributed by atoms with Gasteiger partial charge >= 0.3 is 0 Å². The van der Waals surface area contributed by atoms with Crippen LogP contribution in [0.5, 0.6) is 0 Å². The molecule has 3 rings (SSSR count). The molecule has 2 aliphatic heterocycles. The smallest absolute Gasteiger partial charge is 0.230 e. The molecule has 2 heterocycles. The average molecular weight is 363 g/mol. The lowest BCUT2D eigenvalue weighted by Gasteiger charge is -2.36. The van der Waals surface area contributed by atoms with E-state index in [0.29, 0.717) is 19.3 Å². The first-order chi connectivity index (χ1) is 11.9. The maximum absolute atomic E-state index is 11.9. The average Bonchev–Trinajstić information content (AvgIpc) is 2.58. The van der Waals surface area contributed by atoms with Gasteiger partial charge in [-0.1, -0.05) is 31.5 Å². The van der Waals surface area contributed by atoms with Gasteiger partial charge in [-0.25, -0.2) is 0 Å². The van der Waals surface area contributed by atoms with Gasteiger partial charge in [0.15, 0.2) is 0 Å². The molecule has 0 saturated carbocycles. The molecule has 0 radical (unpaired) electrons. The summed E-state index contributed by atoms with van der Waals surface area (Å²) in [6.07, 6.45) is 4.10. The summed E-state index contributed by atoms with van der Waals surface area (Å²) in [6.45, 7) is 6.71. The first kappa shape index (κ1) is 18.2. The first-order valence-electron chi connectivity index (χ1n) is 9.31. The molecular weight excluding hydrogens is 336 g/mol. The molecule has 5 heteroatoms. The third-order valence-electron chi connectivity index (χ3n) is 5.67. The van der Waals surface area contributed by atoms with Crippen LogP contribution in [0, 0.1) is 17.8 Å². The van der Waals surface area contributed by atoms with Gasteiger partial charge in [0.1, 0.15) is 0 Å². The Morgan fingerprint density at radius 3 is 2.52 bits per heavy atom. The number of hydrogen-bond acceptors (Lipinski definition) is 3. The molecule has 1 atom stereocenters. The third kappa shape index (κ3) is 4.35. The van der Waals surface area contributed by atoms with Crippen LogP contribution in [0.2, 0.25) is 5.02 Å². The summed E-state index contributed by atoms with van der Waals surface area (Å²) in [6, 6.07) is 6.13. The fourth-order valence-corrected chi connectivity index (χ4v) is 4.28. The second-order valence-corrected chi connectivity index (χ2v) is 8.11. The summed E-state index contributed by atoms with van der Waals surface area (Å²) in [4.78, 5) is 25.5. The highest BCUT2D eigenvalue weighted by Gasteiger charge is 2.27. The van der Waals surface area contributed by atoms with E-state index in [0.717, 1.165) is 41.2 Å². The van der Waals surface area contributed by atoms with E-state index in [9.17, 15) is 9.59 Å². The summed E-state index contributed by atoms with van der Waals surface area (Å²) in [7, 11) is 0. The maximum Gasteiger partial charge on any atom is 0.230 e. The Hall–Kier alpha value is -1.55. The van der Waals surface area contributed by atoms with Gasteiger partial charge in [0.25, 0.3) is 0 Å². The normalized spacial score (nSPS) is 22.4. The van der Waals surface area contributed by atoms with Crippen LogP contribution in [0.15, 0.2) is 18.2 Å². The summed E-state index contributed by atoms with van der Waals surface area (Å²) in [5, 5.41) is 3.18. The number of halogens is 1. The van der Waals surface area contributed by atoms with Crippen LogP contribution >= 0.6 is 11.6 Å². The molecule has 2 fully saturated rings. The molecule has 0 bridgehead atoms. The van der Waals surface area contributed by atoms with Gasteiger partial charge < -0.3 is 4.90 Å². The van der Waals surface area contributed by atoms with Crippen molar-refractivity contribution in [2.75, 3.05) is 18.0 Å². The predicted molar refractivity (Wildman–Crippen MR) is 101 cm³/mol. The zero-order valence-corrected chi connectivity index (χ0v) is 15.8. The topological polar surface area (TPSA) is 49.4 Å². The molecule has 4 nitrogen and oxygen atoms in total. The van der Waals surface area contributed by atoms with Gasteiger partial charge in [0.05, 0.1) is 10.7 Å². The number of carbonyl (C=O) groups is 2. The summed E-state index contributed by atoms with van der Waals surface area (Å²) < 4.78 is 0. The number of nitrogens with zero attached hydrogens (tertiary/aromatic N) is 1. The second-order valence-electron chi connectivity index (χ2n) is 7.71. The Bertz CT molecular complexity index is 651. The predicted octanol–water partition coefficient (Wildman–Crippen LogP) is 3.81. The van der Waals surface area contributed by atoms with Crippen LogP contribution in [-0.4, -0.2) is 24.9 Å². The molecule has 1 aromatic rings. The summed E-state index contributed by atoms with van der Waals surface area (Å²) in [5.74, 6) is 1.09. The van der Waals surface area contributed by atoms with Crippen molar-refractivity contribution in [3.63, 3.8) is 0 Å². The van der Waals surface area contributed by atoms with Crippen LogP contribution in [-0.2, 0) is 16.0 Å². The standard InChI is InChI=1S/C20H27ClN2O2/c1-13(2)15-7-9-23(10-8-15)18-5-3-14(12-17(18)21)11-16-4-6-19(24)22-20(16)25/h3,5,12-13,15-16H,4,6-11H2,1-2H3,(H,22,24,25). The van der Waals surface area contributed by atoms with E-state index in [1.54, 1.807) is 0 Å². The van der Waals surface area contributed by atoms with Crippen molar-refractivity contribution in [1.82, 2.24) is 5.32 Å². The minimum absolute atomic E-state index is 0.138. The van der Waals surface area contributed by atoms with Crippen LogP contribution < -0.4 is 10.2 Å². The largest absolute Gasteiger partial charge is 0.370 e. The van der Waals surface area contributed by atoms with Crippen molar-refractivity contribution >= 4 is 29.1 Å². The Morgan fingerprint density at radius 2 is 1.92 bits per heavy atom. The molecule has 1 unspecified atom stereocenters. The molecule has 2 saturated heterocycles. The first-order valence-corrected chi connectivity index (χ1v) is 9.69. The van der Waals surface area contributed by atoms with Crippen LogP contribution in [0.25, 0.3) is 0 Å². The maximum atomic E-state index is 11.9. The van der Waals surface area contributed by atoms with Gasteiger partial charge in [-0.05, 0) is 55.2 Å². The Kier molecular flexibility index (Phi) is 5.67. The number of benzene rings is 1.